The maximum atomic E-state index is 13.0. The van der Waals surface area contributed by atoms with Crippen LogP contribution in [0.3, 0.4) is 0 Å². The van der Waals surface area contributed by atoms with Gasteiger partial charge in [-0.25, -0.2) is 4.90 Å². The van der Waals surface area contributed by atoms with Crippen LogP contribution in [-0.2, 0) is 9.59 Å². The van der Waals surface area contributed by atoms with Gasteiger partial charge in [-0.15, -0.1) is 23.1 Å². The lowest BCUT2D eigenvalue weighted by atomic mass is 10.1. The summed E-state index contributed by atoms with van der Waals surface area (Å²) in [4.78, 5) is 28.2. The third-order valence-corrected chi connectivity index (χ3v) is 5.74. The van der Waals surface area contributed by atoms with Crippen molar-refractivity contribution in [1.82, 2.24) is 0 Å². The molecule has 0 saturated heterocycles. The number of carbonyl (C=O) groups is 2. The minimum atomic E-state index is -0.368. The Balaban J connectivity index is 2.09. The number of carbonyl (C=O) groups excluding carboxylic acids is 2. The van der Waals surface area contributed by atoms with Crippen molar-refractivity contribution >= 4 is 57.8 Å². The van der Waals surface area contributed by atoms with Gasteiger partial charge in [0, 0.05) is 15.7 Å². The van der Waals surface area contributed by atoms with Gasteiger partial charge >= 0.3 is 0 Å². The second-order valence-electron chi connectivity index (χ2n) is 5.13. The molecule has 1 aromatic carbocycles. The average Bonchev–Trinajstić information content (AvgIpc) is 3.15. The van der Waals surface area contributed by atoms with Crippen molar-refractivity contribution in [3.8, 4) is 0 Å². The van der Waals surface area contributed by atoms with Gasteiger partial charge in [0.25, 0.3) is 11.8 Å². The van der Waals surface area contributed by atoms with Gasteiger partial charge in [0.1, 0.15) is 0 Å². The van der Waals surface area contributed by atoms with Crippen molar-refractivity contribution < 1.29 is 14.7 Å². The predicted molar refractivity (Wildman–Crippen MR) is 99.5 cm³/mol. The normalized spacial score (nSPS) is 14.9. The number of hydrogen-bond donors (Lipinski definition) is 1. The molecule has 0 bridgehead atoms. The first-order chi connectivity index (χ1) is 11.5. The lowest BCUT2D eigenvalue weighted by Crippen LogP contribution is -2.31. The van der Waals surface area contributed by atoms with E-state index in [-0.39, 0.29) is 18.4 Å². The third kappa shape index (κ3) is 3.02. The largest absolute Gasteiger partial charge is 0.396 e. The number of aliphatic hydroxyl groups excluding tert-OH is 1. The third-order valence-electron chi connectivity index (χ3n) is 3.56. The maximum absolute atomic E-state index is 13.0. The fraction of sp³-hybridized carbons (Fsp3) is 0.176. The molecule has 2 aromatic rings. The standard InChI is InChI=1S/C17H14ClNO3S2/c1-10-4-5-11(18)9-12(10)19-16(21)14(13-3-2-7-23-13)15(17(19)22)24-8-6-20/h2-5,7,9,20H,6,8H2,1H3. The van der Waals surface area contributed by atoms with Crippen molar-refractivity contribution in [3.63, 3.8) is 0 Å². The van der Waals surface area contributed by atoms with Gasteiger partial charge in [0.05, 0.1) is 22.8 Å². The highest BCUT2D eigenvalue weighted by Gasteiger charge is 2.41. The Bertz CT molecular complexity index is 830. The Morgan fingerprint density at radius 3 is 2.71 bits per heavy atom. The zero-order valence-electron chi connectivity index (χ0n) is 12.8. The molecular formula is C17H14ClNO3S2. The molecule has 1 aliphatic heterocycles. The molecule has 1 aliphatic rings. The fourth-order valence-corrected chi connectivity index (χ4v) is 4.32. The molecule has 0 unspecified atom stereocenters. The molecule has 0 fully saturated rings. The topological polar surface area (TPSA) is 57.6 Å². The number of halogens is 1. The van der Waals surface area contributed by atoms with Crippen molar-refractivity contribution in [2.45, 2.75) is 6.92 Å². The molecule has 1 aromatic heterocycles. The molecule has 3 rings (SSSR count). The van der Waals surface area contributed by atoms with Crippen LogP contribution in [0.25, 0.3) is 5.57 Å². The summed E-state index contributed by atoms with van der Waals surface area (Å²) in [7, 11) is 0. The molecule has 4 nitrogen and oxygen atoms in total. The van der Waals surface area contributed by atoms with Gasteiger partial charge < -0.3 is 5.11 Å². The summed E-state index contributed by atoms with van der Waals surface area (Å²) in [6.07, 6.45) is 0. The van der Waals surface area contributed by atoms with E-state index in [1.807, 2.05) is 24.4 Å². The Morgan fingerprint density at radius 2 is 2.04 bits per heavy atom. The minimum absolute atomic E-state index is 0.0659. The number of aliphatic hydroxyl groups is 1. The number of imide groups is 1. The smallest absolute Gasteiger partial charge is 0.272 e. The first-order valence-electron chi connectivity index (χ1n) is 7.21. The minimum Gasteiger partial charge on any atom is -0.396 e. The van der Waals surface area contributed by atoms with E-state index in [0.717, 1.165) is 10.4 Å². The van der Waals surface area contributed by atoms with Gasteiger partial charge in [0.2, 0.25) is 0 Å². The van der Waals surface area contributed by atoms with E-state index in [1.165, 1.54) is 28.0 Å². The van der Waals surface area contributed by atoms with E-state index in [0.29, 0.717) is 26.9 Å². The lowest BCUT2D eigenvalue weighted by Gasteiger charge is -2.17. The second-order valence-corrected chi connectivity index (χ2v) is 7.62. The fourth-order valence-electron chi connectivity index (χ4n) is 2.47. The first kappa shape index (κ1) is 17.2. The van der Waals surface area contributed by atoms with Gasteiger partial charge in [-0.05, 0) is 36.1 Å². The summed E-state index contributed by atoms with van der Waals surface area (Å²) in [6, 6.07) is 8.78. The molecule has 2 heterocycles. The molecule has 1 N–H and O–H groups in total. The summed E-state index contributed by atoms with van der Waals surface area (Å²) in [5.41, 5.74) is 1.68. The molecule has 0 spiro atoms. The van der Waals surface area contributed by atoms with Crippen molar-refractivity contribution in [3.05, 3.63) is 56.1 Å². The van der Waals surface area contributed by atoms with Crippen LogP contribution in [0.2, 0.25) is 5.02 Å². The number of anilines is 1. The lowest BCUT2D eigenvalue weighted by molar-refractivity contribution is -0.119. The number of thioether (sulfide) groups is 1. The summed E-state index contributed by atoms with van der Waals surface area (Å²) < 4.78 is 0. The number of rotatable bonds is 5. The zero-order chi connectivity index (χ0) is 17.3. The summed E-state index contributed by atoms with van der Waals surface area (Å²) >= 11 is 8.66. The molecule has 0 atom stereocenters. The number of amides is 2. The predicted octanol–water partition coefficient (Wildman–Crippen LogP) is 3.72. The van der Waals surface area contributed by atoms with Gasteiger partial charge in [-0.2, -0.15) is 0 Å². The molecule has 0 radical (unpaired) electrons. The SMILES string of the molecule is Cc1ccc(Cl)cc1N1C(=O)C(SCCO)=C(c2cccs2)C1=O. The Hall–Kier alpha value is -1.60. The highest BCUT2D eigenvalue weighted by atomic mass is 35.5. The maximum Gasteiger partial charge on any atom is 0.272 e. The molecule has 2 amide bonds. The second kappa shape index (κ2) is 7.11. The number of benzene rings is 1. The molecule has 0 aliphatic carbocycles. The van der Waals surface area contributed by atoms with Gasteiger partial charge in [0.15, 0.2) is 0 Å². The van der Waals surface area contributed by atoms with Crippen LogP contribution in [0.1, 0.15) is 10.4 Å². The monoisotopic (exact) mass is 379 g/mol. The van der Waals surface area contributed by atoms with Crippen LogP contribution in [0.4, 0.5) is 5.69 Å². The Labute approximate surface area is 152 Å². The Kier molecular flexibility index (Phi) is 5.10. The highest BCUT2D eigenvalue weighted by molar-refractivity contribution is 8.04. The van der Waals surface area contributed by atoms with Crippen LogP contribution in [0, 0.1) is 6.92 Å². The summed E-state index contributed by atoms with van der Waals surface area (Å²) in [6.45, 7) is 1.76. The molecule has 124 valence electrons. The quantitative estimate of drug-likeness (QED) is 0.804. The van der Waals surface area contributed by atoms with E-state index in [1.54, 1.807) is 18.2 Å². The van der Waals surface area contributed by atoms with E-state index >= 15 is 0 Å². The van der Waals surface area contributed by atoms with Gasteiger partial charge in [-0.3, -0.25) is 9.59 Å². The average molecular weight is 380 g/mol. The molecule has 7 heteroatoms. The Morgan fingerprint density at radius 1 is 1.25 bits per heavy atom. The van der Waals surface area contributed by atoms with Crippen LogP contribution >= 0.6 is 34.7 Å². The summed E-state index contributed by atoms with van der Waals surface area (Å²) in [5.74, 6) is -0.369. The number of thiophene rings is 1. The zero-order valence-corrected chi connectivity index (χ0v) is 15.2. The van der Waals surface area contributed by atoms with Crippen molar-refractivity contribution in [2.24, 2.45) is 0 Å². The van der Waals surface area contributed by atoms with E-state index < -0.39 is 0 Å². The number of nitrogens with zero attached hydrogens (tertiary/aromatic N) is 1. The first-order valence-corrected chi connectivity index (χ1v) is 9.45. The van der Waals surface area contributed by atoms with Crippen LogP contribution in [0.5, 0.6) is 0 Å². The number of hydrogen-bond acceptors (Lipinski definition) is 5. The van der Waals surface area contributed by atoms with E-state index in [9.17, 15) is 9.59 Å². The van der Waals surface area contributed by atoms with Crippen molar-refractivity contribution in [1.29, 1.82) is 0 Å². The summed E-state index contributed by atoms with van der Waals surface area (Å²) in [5, 5.41) is 11.4. The molecule has 0 saturated carbocycles. The van der Waals surface area contributed by atoms with Crippen LogP contribution in [0.15, 0.2) is 40.6 Å². The van der Waals surface area contributed by atoms with E-state index in [2.05, 4.69) is 0 Å². The highest BCUT2D eigenvalue weighted by Crippen LogP contribution is 2.40. The molecular weight excluding hydrogens is 366 g/mol. The van der Waals surface area contributed by atoms with Crippen LogP contribution in [-0.4, -0.2) is 29.3 Å². The van der Waals surface area contributed by atoms with E-state index in [4.69, 9.17) is 16.7 Å². The van der Waals surface area contributed by atoms with Gasteiger partial charge in [-0.1, -0.05) is 23.7 Å². The number of aryl methyl sites for hydroxylation is 1. The van der Waals surface area contributed by atoms with Crippen molar-refractivity contribution in [2.75, 3.05) is 17.3 Å². The molecule has 24 heavy (non-hydrogen) atoms. The van der Waals surface area contributed by atoms with Crippen LogP contribution < -0.4 is 4.90 Å².